The molecule has 0 N–H and O–H groups in total. The summed E-state index contributed by atoms with van der Waals surface area (Å²) in [5, 5.41) is 0. The van der Waals surface area contributed by atoms with Gasteiger partial charge in [0.05, 0.1) is 0 Å². The Morgan fingerprint density at radius 2 is 1.77 bits per heavy atom. The summed E-state index contributed by atoms with van der Waals surface area (Å²) in [4.78, 5) is -1.40. The zero-order valence-electron chi connectivity index (χ0n) is 6.28. The third kappa shape index (κ3) is 2.43. The van der Waals surface area contributed by atoms with E-state index < -0.39 is 22.9 Å². The molecule has 1 atom stereocenters. The quantitative estimate of drug-likeness (QED) is 0.560. The maximum Gasteiger partial charge on any atom is 0.255 e. The Bertz CT molecular complexity index is 300. The molecule has 0 aliphatic carbocycles. The van der Waals surface area contributed by atoms with Crippen LogP contribution in [-0.4, -0.2) is 6.43 Å². The van der Waals surface area contributed by atoms with E-state index in [-0.39, 0.29) is 5.56 Å². The molecule has 0 aliphatic heterocycles. The monoisotopic (exact) mass is 256 g/mol. The zero-order chi connectivity index (χ0) is 10.0. The molecule has 0 fully saturated rings. The van der Waals surface area contributed by atoms with Crippen LogP contribution in [0.4, 0.5) is 17.6 Å². The molecular weight excluding hydrogens is 252 g/mol. The normalized spacial score (nSPS) is 13.4. The number of hydrogen-bond acceptors (Lipinski definition) is 0. The molecule has 1 unspecified atom stereocenters. The lowest BCUT2D eigenvalue weighted by molar-refractivity contribution is 0.146. The van der Waals surface area contributed by atoms with E-state index in [1.165, 1.54) is 0 Å². The minimum absolute atomic E-state index is 0.239. The summed E-state index contributed by atoms with van der Waals surface area (Å²) in [7, 11) is 0. The number of halogens is 5. The molecule has 5 heteroatoms. The highest BCUT2D eigenvalue weighted by molar-refractivity contribution is 9.09. The Kier molecular flexibility index (Phi) is 3.30. The van der Waals surface area contributed by atoms with Crippen LogP contribution >= 0.6 is 15.9 Å². The van der Waals surface area contributed by atoms with E-state index in [0.717, 1.165) is 12.1 Å². The molecule has 1 aromatic carbocycles. The molecule has 0 aliphatic rings. The molecule has 0 spiro atoms. The molecule has 0 saturated heterocycles. The maximum absolute atomic E-state index is 12.9. The second-order valence-corrected chi connectivity index (χ2v) is 3.39. The molecule has 72 valence electrons. The lowest BCUT2D eigenvalue weighted by Crippen LogP contribution is -2.04. The van der Waals surface area contributed by atoms with Gasteiger partial charge in [-0.25, -0.2) is 17.6 Å². The van der Waals surface area contributed by atoms with Crippen LogP contribution in [0.5, 0.6) is 0 Å². The standard InChI is InChI=1S/C8H5BrF4/c9-7(8(12)13)5-2-1-4(10)3-6(5)11/h1-3,7-8H. The Labute approximate surface area is 80.7 Å². The van der Waals surface area contributed by atoms with Crippen LogP contribution in [0.3, 0.4) is 0 Å². The lowest BCUT2D eigenvalue weighted by atomic mass is 10.1. The van der Waals surface area contributed by atoms with Gasteiger partial charge in [0.25, 0.3) is 6.43 Å². The summed E-state index contributed by atoms with van der Waals surface area (Å²) in [6.07, 6.45) is -2.72. The summed E-state index contributed by atoms with van der Waals surface area (Å²) in [5.74, 6) is -1.75. The van der Waals surface area contributed by atoms with E-state index in [1.54, 1.807) is 0 Å². The van der Waals surface area contributed by atoms with E-state index in [1.807, 2.05) is 0 Å². The molecule has 0 saturated carbocycles. The van der Waals surface area contributed by atoms with Crippen LogP contribution in [0.15, 0.2) is 18.2 Å². The fraction of sp³-hybridized carbons (Fsp3) is 0.250. The highest BCUT2D eigenvalue weighted by Gasteiger charge is 2.22. The van der Waals surface area contributed by atoms with Crippen molar-refractivity contribution >= 4 is 15.9 Å². The van der Waals surface area contributed by atoms with E-state index in [2.05, 4.69) is 15.9 Å². The van der Waals surface area contributed by atoms with Crippen LogP contribution in [0.1, 0.15) is 10.4 Å². The van der Waals surface area contributed by atoms with Gasteiger partial charge in [-0.2, -0.15) is 0 Å². The minimum Gasteiger partial charge on any atom is -0.209 e. The molecule has 0 amide bonds. The summed E-state index contributed by atoms with van der Waals surface area (Å²) in [6.45, 7) is 0. The van der Waals surface area contributed by atoms with Crippen molar-refractivity contribution in [1.29, 1.82) is 0 Å². The summed E-state index contributed by atoms with van der Waals surface area (Å²) in [6, 6.07) is 2.51. The van der Waals surface area contributed by atoms with Crippen molar-refractivity contribution in [3.8, 4) is 0 Å². The predicted molar refractivity (Wildman–Crippen MR) is 44.0 cm³/mol. The van der Waals surface area contributed by atoms with E-state index >= 15 is 0 Å². The topological polar surface area (TPSA) is 0 Å². The van der Waals surface area contributed by atoms with Gasteiger partial charge in [0, 0.05) is 11.6 Å². The third-order valence-corrected chi connectivity index (χ3v) is 2.37. The molecule has 13 heavy (non-hydrogen) atoms. The molecule has 0 nitrogen and oxygen atoms in total. The van der Waals surface area contributed by atoms with Gasteiger partial charge in [-0.3, -0.25) is 0 Å². The SMILES string of the molecule is Fc1ccc(C(Br)C(F)F)c(F)c1. The van der Waals surface area contributed by atoms with Crippen LogP contribution in [0.25, 0.3) is 0 Å². The van der Waals surface area contributed by atoms with Crippen molar-refractivity contribution in [2.24, 2.45) is 0 Å². The lowest BCUT2D eigenvalue weighted by Gasteiger charge is -2.09. The Morgan fingerprint density at radius 3 is 2.23 bits per heavy atom. The van der Waals surface area contributed by atoms with Crippen molar-refractivity contribution < 1.29 is 17.6 Å². The maximum atomic E-state index is 12.9. The first-order valence-electron chi connectivity index (χ1n) is 3.39. The minimum atomic E-state index is -2.72. The molecule has 0 heterocycles. The summed E-state index contributed by atoms with van der Waals surface area (Å²) in [5.41, 5.74) is -0.239. The number of benzene rings is 1. The number of hydrogen-bond donors (Lipinski definition) is 0. The van der Waals surface area contributed by atoms with Gasteiger partial charge >= 0.3 is 0 Å². The average molecular weight is 257 g/mol. The van der Waals surface area contributed by atoms with Crippen LogP contribution in [0, 0.1) is 11.6 Å². The Hall–Kier alpha value is -0.580. The fourth-order valence-corrected chi connectivity index (χ4v) is 1.23. The fourth-order valence-electron chi connectivity index (χ4n) is 0.861. The first-order chi connectivity index (χ1) is 6.02. The summed E-state index contributed by atoms with van der Waals surface area (Å²) < 4.78 is 49.4. The zero-order valence-corrected chi connectivity index (χ0v) is 7.86. The molecule has 0 bridgehead atoms. The van der Waals surface area contributed by atoms with E-state index in [9.17, 15) is 17.6 Å². The van der Waals surface area contributed by atoms with Crippen molar-refractivity contribution in [2.45, 2.75) is 11.3 Å². The van der Waals surface area contributed by atoms with Crippen molar-refractivity contribution in [2.75, 3.05) is 0 Å². The molecule has 1 aromatic rings. The van der Waals surface area contributed by atoms with E-state index in [0.29, 0.717) is 6.07 Å². The van der Waals surface area contributed by atoms with Crippen molar-refractivity contribution in [3.05, 3.63) is 35.4 Å². The van der Waals surface area contributed by atoms with E-state index in [4.69, 9.17) is 0 Å². The highest BCUT2D eigenvalue weighted by atomic mass is 79.9. The first kappa shape index (κ1) is 10.5. The number of alkyl halides is 3. The molecular formula is C8H5BrF4. The van der Waals surface area contributed by atoms with Gasteiger partial charge in [0.15, 0.2) is 0 Å². The van der Waals surface area contributed by atoms with Crippen LogP contribution in [0.2, 0.25) is 0 Å². The number of rotatable bonds is 2. The Balaban J connectivity index is 3.01. The molecule has 0 radical (unpaired) electrons. The second kappa shape index (κ2) is 4.09. The van der Waals surface area contributed by atoms with Gasteiger partial charge in [-0.1, -0.05) is 22.0 Å². The van der Waals surface area contributed by atoms with Gasteiger partial charge in [-0.05, 0) is 6.07 Å². The van der Waals surface area contributed by atoms with Gasteiger partial charge in [0.2, 0.25) is 0 Å². The van der Waals surface area contributed by atoms with Crippen molar-refractivity contribution in [3.63, 3.8) is 0 Å². The molecule has 1 rings (SSSR count). The first-order valence-corrected chi connectivity index (χ1v) is 4.31. The van der Waals surface area contributed by atoms with Crippen LogP contribution in [-0.2, 0) is 0 Å². The predicted octanol–water partition coefficient (Wildman–Crippen LogP) is 3.67. The smallest absolute Gasteiger partial charge is 0.209 e. The largest absolute Gasteiger partial charge is 0.255 e. The molecule has 0 aromatic heterocycles. The second-order valence-electron chi connectivity index (χ2n) is 2.40. The Morgan fingerprint density at radius 1 is 1.15 bits per heavy atom. The highest BCUT2D eigenvalue weighted by Crippen LogP contribution is 2.31. The van der Waals surface area contributed by atoms with Crippen molar-refractivity contribution in [1.82, 2.24) is 0 Å². The van der Waals surface area contributed by atoms with Gasteiger partial charge in [0.1, 0.15) is 16.5 Å². The average Bonchev–Trinajstić information content (AvgIpc) is 2.03. The van der Waals surface area contributed by atoms with Crippen LogP contribution < -0.4 is 0 Å². The summed E-state index contributed by atoms with van der Waals surface area (Å²) >= 11 is 2.61. The van der Waals surface area contributed by atoms with Gasteiger partial charge in [-0.15, -0.1) is 0 Å². The third-order valence-electron chi connectivity index (χ3n) is 1.48. The van der Waals surface area contributed by atoms with Gasteiger partial charge < -0.3 is 0 Å².